The number of rotatable bonds is 6. The maximum Gasteiger partial charge on any atom is 0.103 e. The van der Waals surface area contributed by atoms with Crippen LogP contribution in [0, 0.1) is 6.92 Å². The highest BCUT2D eigenvalue weighted by Gasteiger charge is 2.31. The minimum Gasteiger partial charge on any atom is -0.469 e. The summed E-state index contributed by atoms with van der Waals surface area (Å²) in [4.78, 5) is 0. The molecule has 1 aliphatic carbocycles. The van der Waals surface area contributed by atoms with Crippen molar-refractivity contribution >= 4 is 0 Å². The first kappa shape index (κ1) is 14.4. The highest BCUT2D eigenvalue weighted by atomic mass is 16.3. The van der Waals surface area contributed by atoms with Gasteiger partial charge in [-0.25, -0.2) is 0 Å². The number of benzene rings is 1. The minimum atomic E-state index is 0.554. The normalized spacial score (nSPS) is 22.8. The van der Waals surface area contributed by atoms with Crippen molar-refractivity contribution in [1.29, 1.82) is 0 Å². The molecule has 0 spiro atoms. The van der Waals surface area contributed by atoms with Crippen LogP contribution in [-0.2, 0) is 6.42 Å². The Labute approximate surface area is 127 Å². The van der Waals surface area contributed by atoms with Gasteiger partial charge in [-0.1, -0.05) is 24.3 Å². The van der Waals surface area contributed by atoms with E-state index in [-0.39, 0.29) is 0 Å². The number of aryl methyl sites for hydroxylation is 2. The van der Waals surface area contributed by atoms with E-state index in [1.807, 2.05) is 6.07 Å². The Morgan fingerprint density at radius 1 is 1.19 bits per heavy atom. The molecule has 1 heterocycles. The van der Waals surface area contributed by atoms with Crippen molar-refractivity contribution in [2.24, 2.45) is 0 Å². The fraction of sp³-hybridized carbons (Fsp3) is 0.474. The zero-order chi connectivity index (χ0) is 14.7. The number of hydrogen-bond donors (Lipinski definition) is 1. The molecule has 0 saturated heterocycles. The monoisotopic (exact) mass is 283 g/mol. The maximum absolute atomic E-state index is 5.39. The fourth-order valence-corrected chi connectivity index (χ4v) is 3.35. The molecule has 21 heavy (non-hydrogen) atoms. The molecule has 0 amide bonds. The summed E-state index contributed by atoms with van der Waals surface area (Å²) >= 11 is 0. The van der Waals surface area contributed by atoms with Crippen LogP contribution in [0.4, 0.5) is 0 Å². The maximum atomic E-state index is 5.39. The van der Waals surface area contributed by atoms with E-state index in [4.69, 9.17) is 4.42 Å². The number of furan rings is 1. The predicted molar refractivity (Wildman–Crippen MR) is 86.6 cm³/mol. The summed E-state index contributed by atoms with van der Waals surface area (Å²) in [6.45, 7) is 4.51. The lowest BCUT2D eigenvalue weighted by Crippen LogP contribution is -2.44. The molecule has 2 heteroatoms. The average Bonchev–Trinajstić information content (AvgIpc) is 2.94. The van der Waals surface area contributed by atoms with Gasteiger partial charge >= 0.3 is 0 Å². The van der Waals surface area contributed by atoms with Crippen LogP contribution >= 0.6 is 0 Å². The van der Waals surface area contributed by atoms with Crippen LogP contribution in [0.3, 0.4) is 0 Å². The molecule has 1 saturated carbocycles. The second-order valence-electron chi connectivity index (χ2n) is 6.41. The quantitative estimate of drug-likeness (QED) is 0.847. The molecule has 0 aliphatic heterocycles. The van der Waals surface area contributed by atoms with Crippen LogP contribution in [0.1, 0.15) is 49.0 Å². The third-order valence-electron chi connectivity index (χ3n) is 4.69. The topological polar surface area (TPSA) is 25.2 Å². The van der Waals surface area contributed by atoms with E-state index in [0.29, 0.717) is 12.1 Å². The van der Waals surface area contributed by atoms with Gasteiger partial charge in [0, 0.05) is 18.5 Å². The van der Waals surface area contributed by atoms with Gasteiger partial charge in [-0.15, -0.1) is 0 Å². The van der Waals surface area contributed by atoms with E-state index in [9.17, 15) is 0 Å². The van der Waals surface area contributed by atoms with Gasteiger partial charge in [0.25, 0.3) is 0 Å². The first-order valence-electron chi connectivity index (χ1n) is 8.06. The van der Waals surface area contributed by atoms with Gasteiger partial charge in [0.1, 0.15) is 5.76 Å². The highest BCUT2D eigenvalue weighted by Crippen LogP contribution is 2.38. The van der Waals surface area contributed by atoms with Gasteiger partial charge in [0.2, 0.25) is 0 Å². The Morgan fingerprint density at radius 2 is 2.00 bits per heavy atom. The van der Waals surface area contributed by atoms with Crippen molar-refractivity contribution in [2.75, 3.05) is 0 Å². The van der Waals surface area contributed by atoms with E-state index >= 15 is 0 Å². The van der Waals surface area contributed by atoms with E-state index in [2.05, 4.69) is 49.5 Å². The molecule has 1 unspecified atom stereocenters. The van der Waals surface area contributed by atoms with Crippen LogP contribution in [0.5, 0.6) is 0 Å². The Bertz CT molecular complexity index is 555. The van der Waals surface area contributed by atoms with Crippen LogP contribution in [0.25, 0.3) is 0 Å². The van der Waals surface area contributed by atoms with Crippen molar-refractivity contribution < 1.29 is 4.42 Å². The Morgan fingerprint density at radius 3 is 2.71 bits per heavy atom. The summed E-state index contributed by atoms with van der Waals surface area (Å²) < 4.78 is 5.39. The van der Waals surface area contributed by atoms with Gasteiger partial charge < -0.3 is 9.73 Å². The summed E-state index contributed by atoms with van der Waals surface area (Å²) in [7, 11) is 0. The summed E-state index contributed by atoms with van der Waals surface area (Å²) in [5.74, 6) is 1.84. The molecule has 2 nitrogen and oxygen atoms in total. The molecule has 1 N–H and O–H groups in total. The predicted octanol–water partition coefficient (Wildman–Crippen LogP) is 4.44. The lowest BCUT2D eigenvalue weighted by atomic mass is 9.74. The zero-order valence-electron chi connectivity index (χ0n) is 13.0. The molecule has 1 aromatic heterocycles. The van der Waals surface area contributed by atoms with Crippen LogP contribution < -0.4 is 5.32 Å². The molecule has 1 fully saturated rings. The summed E-state index contributed by atoms with van der Waals surface area (Å²) in [5.41, 5.74) is 2.98. The molecule has 0 radical (unpaired) electrons. The van der Waals surface area contributed by atoms with Crippen molar-refractivity contribution in [3.63, 3.8) is 0 Å². The summed E-state index contributed by atoms with van der Waals surface area (Å²) in [5, 5.41) is 3.76. The lowest BCUT2D eigenvalue weighted by molar-refractivity contribution is 0.263. The molecule has 112 valence electrons. The SMILES string of the molecule is Cc1ccccc1C1CC(NC(C)CCc2ccco2)C1. The Hall–Kier alpha value is -1.54. The zero-order valence-corrected chi connectivity index (χ0v) is 13.0. The lowest BCUT2D eigenvalue weighted by Gasteiger charge is -2.38. The van der Waals surface area contributed by atoms with Crippen LogP contribution in [0.15, 0.2) is 47.1 Å². The first-order valence-corrected chi connectivity index (χ1v) is 8.06. The third kappa shape index (κ3) is 3.56. The summed E-state index contributed by atoms with van der Waals surface area (Å²) in [6, 6.07) is 14.1. The molecule has 0 bridgehead atoms. The molecule has 1 atom stereocenters. The van der Waals surface area contributed by atoms with E-state index < -0.39 is 0 Å². The molecule has 3 rings (SSSR count). The van der Waals surface area contributed by atoms with Crippen molar-refractivity contribution in [2.45, 2.75) is 57.5 Å². The van der Waals surface area contributed by atoms with Gasteiger partial charge in [-0.05, 0) is 62.3 Å². The molecule has 2 aromatic rings. The van der Waals surface area contributed by atoms with Gasteiger partial charge in [0.05, 0.1) is 6.26 Å². The first-order chi connectivity index (χ1) is 10.2. The molecule has 1 aromatic carbocycles. The highest BCUT2D eigenvalue weighted by molar-refractivity contribution is 5.31. The fourth-order valence-electron chi connectivity index (χ4n) is 3.35. The van der Waals surface area contributed by atoms with Crippen LogP contribution in [0.2, 0.25) is 0 Å². The van der Waals surface area contributed by atoms with E-state index in [1.54, 1.807) is 11.8 Å². The van der Waals surface area contributed by atoms with Crippen molar-refractivity contribution in [3.8, 4) is 0 Å². The Balaban J connectivity index is 1.41. The smallest absolute Gasteiger partial charge is 0.103 e. The van der Waals surface area contributed by atoms with Gasteiger partial charge in [-0.3, -0.25) is 0 Å². The molecular weight excluding hydrogens is 258 g/mol. The standard InChI is InChI=1S/C19H25NO/c1-14-6-3-4-8-19(14)16-12-17(13-16)20-15(2)9-10-18-7-5-11-21-18/h3-8,11,15-17,20H,9-10,12-13H2,1-2H3. The van der Waals surface area contributed by atoms with Gasteiger partial charge in [0.15, 0.2) is 0 Å². The minimum absolute atomic E-state index is 0.554. The second-order valence-corrected chi connectivity index (χ2v) is 6.41. The van der Waals surface area contributed by atoms with Crippen LogP contribution in [-0.4, -0.2) is 12.1 Å². The molecular formula is C19H25NO. The Kier molecular flexibility index (Phi) is 4.45. The third-order valence-corrected chi connectivity index (χ3v) is 4.69. The van der Waals surface area contributed by atoms with Gasteiger partial charge in [-0.2, -0.15) is 0 Å². The average molecular weight is 283 g/mol. The number of hydrogen-bond acceptors (Lipinski definition) is 2. The largest absolute Gasteiger partial charge is 0.469 e. The number of nitrogens with one attached hydrogen (secondary N) is 1. The molecule has 1 aliphatic rings. The van der Waals surface area contributed by atoms with E-state index in [0.717, 1.165) is 24.5 Å². The second kappa shape index (κ2) is 6.48. The van der Waals surface area contributed by atoms with Crippen molar-refractivity contribution in [3.05, 3.63) is 59.5 Å². The summed E-state index contributed by atoms with van der Waals surface area (Å²) in [6.07, 6.45) is 6.46. The van der Waals surface area contributed by atoms with E-state index in [1.165, 1.54) is 18.4 Å². The van der Waals surface area contributed by atoms with Crippen molar-refractivity contribution in [1.82, 2.24) is 5.32 Å².